The van der Waals surface area contributed by atoms with Gasteiger partial charge in [0.25, 0.3) is 5.91 Å². The molecule has 0 saturated heterocycles. The third-order valence-corrected chi connectivity index (χ3v) is 3.74. The topological polar surface area (TPSA) is 41.1 Å². The summed E-state index contributed by atoms with van der Waals surface area (Å²) < 4.78 is -1.66. The van der Waals surface area contributed by atoms with Crippen LogP contribution in [0.2, 0.25) is 0 Å². The summed E-state index contributed by atoms with van der Waals surface area (Å²) in [5, 5.41) is 5.57. The molecular formula is C16H21Cl3N2O. The first-order valence-electron chi connectivity index (χ1n) is 6.88. The zero-order valence-electron chi connectivity index (χ0n) is 12.9. The maximum absolute atomic E-state index is 12.3. The van der Waals surface area contributed by atoms with E-state index in [2.05, 4.69) is 38.0 Å². The molecule has 1 aromatic rings. The van der Waals surface area contributed by atoms with Gasteiger partial charge >= 0.3 is 0 Å². The first kappa shape index (κ1) is 19.3. The smallest absolute Gasteiger partial charge is 0.252 e. The van der Waals surface area contributed by atoms with Gasteiger partial charge in [0.1, 0.15) is 6.17 Å². The average Bonchev–Trinajstić information content (AvgIpc) is 2.41. The van der Waals surface area contributed by atoms with Gasteiger partial charge in [-0.25, -0.2) is 0 Å². The Morgan fingerprint density at radius 2 is 1.77 bits per heavy atom. The van der Waals surface area contributed by atoms with Crippen LogP contribution >= 0.6 is 34.8 Å². The first-order chi connectivity index (χ1) is 10.1. The molecule has 0 radical (unpaired) electrons. The summed E-state index contributed by atoms with van der Waals surface area (Å²) in [7, 11) is 0. The largest absolute Gasteiger partial charge is 0.333 e. The number of nitrogens with one attached hydrogen (secondary N) is 2. The lowest BCUT2D eigenvalue weighted by Gasteiger charge is -2.26. The van der Waals surface area contributed by atoms with Gasteiger partial charge in [0.15, 0.2) is 0 Å². The van der Waals surface area contributed by atoms with Crippen LogP contribution in [0.5, 0.6) is 0 Å². The molecule has 0 heterocycles. The molecule has 2 N–H and O–H groups in total. The number of halogens is 3. The molecule has 1 amide bonds. The third kappa shape index (κ3) is 5.81. The summed E-state index contributed by atoms with van der Waals surface area (Å²) in [6, 6.07) is 7.38. The van der Waals surface area contributed by atoms with Gasteiger partial charge < -0.3 is 5.32 Å². The predicted octanol–water partition coefficient (Wildman–Crippen LogP) is 4.19. The number of hydrogen-bond donors (Lipinski definition) is 2. The number of alkyl halides is 3. The normalized spacial score (nSPS) is 13.5. The van der Waals surface area contributed by atoms with Crippen molar-refractivity contribution in [3.05, 3.63) is 48.0 Å². The predicted molar refractivity (Wildman–Crippen MR) is 94.9 cm³/mol. The van der Waals surface area contributed by atoms with Crippen molar-refractivity contribution in [2.24, 2.45) is 0 Å². The minimum atomic E-state index is -1.66. The molecule has 0 fully saturated rings. The second-order valence-corrected chi connectivity index (χ2v) is 8.34. The van der Waals surface area contributed by atoms with Gasteiger partial charge in [-0.2, -0.15) is 0 Å². The second-order valence-electron chi connectivity index (χ2n) is 5.97. The zero-order valence-corrected chi connectivity index (χ0v) is 15.2. The number of hydrogen-bond acceptors (Lipinski definition) is 2. The SMILES string of the molecule is C=CCN[C@H](NC(=O)c1ccc(C(C)(C)C)cc1)C(Cl)(Cl)Cl. The molecule has 0 aliphatic carbocycles. The molecule has 0 spiro atoms. The summed E-state index contributed by atoms with van der Waals surface area (Å²) in [5.74, 6) is -0.312. The lowest BCUT2D eigenvalue weighted by Crippen LogP contribution is -2.53. The van der Waals surface area contributed by atoms with Gasteiger partial charge in [0, 0.05) is 12.1 Å². The maximum Gasteiger partial charge on any atom is 0.252 e. The van der Waals surface area contributed by atoms with Crippen LogP contribution in [0.3, 0.4) is 0 Å². The molecule has 0 aliphatic heterocycles. The van der Waals surface area contributed by atoms with Gasteiger partial charge in [0.05, 0.1) is 0 Å². The van der Waals surface area contributed by atoms with E-state index in [1.165, 1.54) is 0 Å². The summed E-state index contributed by atoms with van der Waals surface area (Å²) in [6.45, 7) is 10.3. The zero-order chi connectivity index (χ0) is 17.0. The van der Waals surface area contributed by atoms with Gasteiger partial charge in [-0.1, -0.05) is 73.8 Å². The highest BCUT2D eigenvalue weighted by Crippen LogP contribution is 2.29. The van der Waals surface area contributed by atoms with Crippen molar-refractivity contribution in [2.75, 3.05) is 6.54 Å². The Labute approximate surface area is 147 Å². The van der Waals surface area contributed by atoms with E-state index >= 15 is 0 Å². The molecule has 1 atom stereocenters. The van der Waals surface area contributed by atoms with Crippen molar-refractivity contribution in [1.82, 2.24) is 10.6 Å². The fourth-order valence-corrected chi connectivity index (χ4v) is 2.18. The molecule has 1 rings (SSSR count). The van der Waals surface area contributed by atoms with E-state index < -0.39 is 9.96 Å². The molecule has 1 aromatic carbocycles. The van der Waals surface area contributed by atoms with Gasteiger partial charge in [-0.3, -0.25) is 10.1 Å². The molecule has 0 saturated carbocycles. The molecule has 22 heavy (non-hydrogen) atoms. The molecule has 0 bridgehead atoms. The Hall–Kier alpha value is -0.740. The standard InChI is InChI=1S/C16H21Cl3N2O/c1-5-10-20-14(16(17,18)19)21-13(22)11-6-8-12(9-7-11)15(2,3)4/h5-9,14,20H,1,10H2,2-4H3,(H,21,22)/t14-/m1/s1. The minimum absolute atomic E-state index is 0.0284. The minimum Gasteiger partial charge on any atom is -0.333 e. The van der Waals surface area contributed by atoms with Gasteiger partial charge in [-0.05, 0) is 23.1 Å². The van der Waals surface area contributed by atoms with Crippen molar-refractivity contribution in [3.8, 4) is 0 Å². The van der Waals surface area contributed by atoms with E-state index in [4.69, 9.17) is 34.8 Å². The highest BCUT2D eigenvalue weighted by atomic mass is 35.6. The molecule has 3 nitrogen and oxygen atoms in total. The van der Waals surface area contributed by atoms with E-state index in [0.29, 0.717) is 12.1 Å². The van der Waals surface area contributed by atoms with Crippen molar-refractivity contribution in [3.63, 3.8) is 0 Å². The van der Waals surface area contributed by atoms with Crippen molar-refractivity contribution in [1.29, 1.82) is 0 Å². The monoisotopic (exact) mass is 362 g/mol. The Kier molecular flexibility index (Phi) is 6.75. The molecule has 6 heteroatoms. The number of benzene rings is 1. The fourth-order valence-electron chi connectivity index (χ4n) is 1.79. The summed E-state index contributed by atoms with van der Waals surface area (Å²) >= 11 is 17.6. The maximum atomic E-state index is 12.3. The van der Waals surface area contributed by atoms with Gasteiger partial charge in [0.2, 0.25) is 3.79 Å². The Morgan fingerprint density at radius 1 is 1.23 bits per heavy atom. The van der Waals surface area contributed by atoms with Crippen molar-refractivity contribution < 1.29 is 4.79 Å². The van der Waals surface area contributed by atoms with Crippen LogP contribution in [0.15, 0.2) is 36.9 Å². The number of rotatable bonds is 5. The summed E-state index contributed by atoms with van der Waals surface area (Å²) in [4.78, 5) is 12.3. The molecule has 0 aromatic heterocycles. The molecule has 0 unspecified atom stereocenters. The van der Waals surface area contributed by atoms with Crippen LogP contribution in [-0.4, -0.2) is 22.4 Å². The van der Waals surface area contributed by atoms with Crippen LogP contribution in [0.4, 0.5) is 0 Å². The summed E-state index contributed by atoms with van der Waals surface area (Å²) in [6.07, 6.45) is 0.804. The fraction of sp³-hybridized carbons (Fsp3) is 0.438. The highest BCUT2D eigenvalue weighted by Gasteiger charge is 2.33. The van der Waals surface area contributed by atoms with Crippen molar-refractivity contribution in [2.45, 2.75) is 36.1 Å². The number of amides is 1. The lowest BCUT2D eigenvalue weighted by atomic mass is 9.87. The Bertz CT molecular complexity index is 516. The summed E-state index contributed by atoms with van der Waals surface area (Å²) in [5.41, 5.74) is 1.68. The van der Waals surface area contributed by atoms with E-state index in [9.17, 15) is 4.79 Å². The van der Waals surface area contributed by atoms with E-state index in [0.717, 1.165) is 5.56 Å². The van der Waals surface area contributed by atoms with Crippen LogP contribution < -0.4 is 10.6 Å². The van der Waals surface area contributed by atoms with Crippen LogP contribution in [0.1, 0.15) is 36.7 Å². The van der Waals surface area contributed by atoms with Gasteiger partial charge in [-0.15, -0.1) is 6.58 Å². The van der Waals surface area contributed by atoms with Crippen molar-refractivity contribution >= 4 is 40.7 Å². The average molecular weight is 364 g/mol. The molecular weight excluding hydrogens is 343 g/mol. The van der Waals surface area contributed by atoms with E-state index in [1.807, 2.05) is 12.1 Å². The Balaban J connectivity index is 2.84. The Morgan fingerprint density at radius 3 is 2.18 bits per heavy atom. The van der Waals surface area contributed by atoms with Crippen LogP contribution in [0.25, 0.3) is 0 Å². The quantitative estimate of drug-likeness (QED) is 0.468. The van der Waals surface area contributed by atoms with Crippen LogP contribution in [-0.2, 0) is 5.41 Å². The number of carbonyl (C=O) groups excluding carboxylic acids is 1. The number of carbonyl (C=O) groups is 1. The first-order valence-corrected chi connectivity index (χ1v) is 8.01. The third-order valence-electron chi connectivity index (χ3n) is 3.08. The molecule has 122 valence electrons. The van der Waals surface area contributed by atoms with Crippen LogP contribution in [0, 0.1) is 0 Å². The molecule has 0 aliphatic rings. The van der Waals surface area contributed by atoms with E-state index in [1.54, 1.807) is 18.2 Å². The van der Waals surface area contributed by atoms with E-state index in [-0.39, 0.29) is 11.3 Å². The lowest BCUT2D eigenvalue weighted by molar-refractivity contribution is 0.0930. The second kappa shape index (κ2) is 7.69. The highest BCUT2D eigenvalue weighted by molar-refractivity contribution is 6.68.